The summed E-state index contributed by atoms with van der Waals surface area (Å²) in [6.07, 6.45) is 3.96. The lowest BCUT2D eigenvalue weighted by molar-refractivity contribution is 1.18. The van der Waals surface area contributed by atoms with Gasteiger partial charge in [0.2, 0.25) is 0 Å². The summed E-state index contributed by atoms with van der Waals surface area (Å²) in [5.74, 6) is 0. The zero-order valence-electron chi connectivity index (χ0n) is 8.77. The molecule has 0 fully saturated rings. The zero-order valence-corrected chi connectivity index (χ0v) is 11.7. The Kier molecular flexibility index (Phi) is 2.80. The third kappa shape index (κ3) is 2.05. The average Bonchev–Trinajstić information content (AvgIpc) is 2.73. The highest BCUT2D eigenvalue weighted by Crippen LogP contribution is 2.23. The summed E-state index contributed by atoms with van der Waals surface area (Å²) in [5.41, 5.74) is 3.15. The molecule has 0 bridgehead atoms. The molecule has 2 heterocycles. The van der Waals surface area contributed by atoms with Crippen LogP contribution in [0.3, 0.4) is 0 Å². The van der Waals surface area contributed by atoms with Crippen molar-refractivity contribution in [1.29, 1.82) is 0 Å². The summed E-state index contributed by atoms with van der Waals surface area (Å²) in [6.45, 7) is 0. The second-order valence-corrected chi connectivity index (χ2v) is 5.41. The minimum atomic E-state index is 0.747. The van der Waals surface area contributed by atoms with Crippen LogP contribution in [0.25, 0.3) is 16.9 Å². The molecule has 0 N–H and O–H groups in total. The molecule has 0 amide bonds. The highest BCUT2D eigenvalue weighted by molar-refractivity contribution is 14.1. The Morgan fingerprint density at radius 3 is 2.59 bits per heavy atom. The van der Waals surface area contributed by atoms with E-state index in [1.165, 1.54) is 3.57 Å². The fourth-order valence-corrected chi connectivity index (χ4v) is 2.37. The number of hydrogen-bond acceptors (Lipinski definition) is 1. The van der Waals surface area contributed by atoms with Crippen LogP contribution in [0.15, 0.2) is 48.8 Å². The smallest absolute Gasteiger partial charge is 0.137 e. The molecule has 1 aromatic carbocycles. The fourth-order valence-electron chi connectivity index (χ4n) is 1.79. The molecule has 0 saturated carbocycles. The molecule has 0 aliphatic rings. The molecule has 0 saturated heterocycles. The minimum Gasteiger partial charge on any atom is -0.299 e. The first-order chi connectivity index (χ1) is 8.24. The van der Waals surface area contributed by atoms with Crippen molar-refractivity contribution in [1.82, 2.24) is 9.38 Å². The molecule has 0 unspecified atom stereocenters. The van der Waals surface area contributed by atoms with Crippen LogP contribution in [0, 0.1) is 3.57 Å². The first kappa shape index (κ1) is 11.0. The summed E-state index contributed by atoms with van der Waals surface area (Å²) < 4.78 is 3.27. The van der Waals surface area contributed by atoms with Gasteiger partial charge in [-0.05, 0) is 46.9 Å². The Morgan fingerprint density at radius 2 is 1.82 bits per heavy atom. The Bertz CT molecular complexity index is 673. The van der Waals surface area contributed by atoms with Crippen LogP contribution >= 0.6 is 34.2 Å². The first-order valence-electron chi connectivity index (χ1n) is 5.12. The molecule has 0 spiro atoms. The van der Waals surface area contributed by atoms with Crippen LogP contribution in [-0.4, -0.2) is 9.38 Å². The maximum atomic E-state index is 5.89. The number of pyridine rings is 1. The molecule has 4 heteroatoms. The van der Waals surface area contributed by atoms with Gasteiger partial charge in [0.15, 0.2) is 0 Å². The molecule has 0 aliphatic carbocycles. The van der Waals surface area contributed by atoms with Crippen molar-refractivity contribution in [3.8, 4) is 11.3 Å². The van der Waals surface area contributed by atoms with Crippen LogP contribution in [-0.2, 0) is 0 Å². The van der Waals surface area contributed by atoms with E-state index in [0.29, 0.717) is 0 Å². The van der Waals surface area contributed by atoms with Crippen molar-refractivity contribution in [2.45, 2.75) is 0 Å². The van der Waals surface area contributed by atoms with Crippen molar-refractivity contribution in [3.63, 3.8) is 0 Å². The molecular formula is C13H8ClIN2. The topological polar surface area (TPSA) is 17.3 Å². The van der Waals surface area contributed by atoms with Gasteiger partial charge in [0, 0.05) is 20.4 Å². The second kappa shape index (κ2) is 4.31. The lowest BCUT2D eigenvalue weighted by atomic mass is 10.2. The van der Waals surface area contributed by atoms with Crippen molar-refractivity contribution in [2.24, 2.45) is 0 Å². The summed E-state index contributed by atoms with van der Waals surface area (Å²) >= 11 is 8.19. The van der Waals surface area contributed by atoms with E-state index < -0.39 is 0 Å². The van der Waals surface area contributed by atoms with E-state index in [2.05, 4.69) is 44.2 Å². The Labute approximate surface area is 117 Å². The maximum absolute atomic E-state index is 5.89. The monoisotopic (exact) mass is 354 g/mol. The minimum absolute atomic E-state index is 0.747. The number of fused-ring (bicyclic) bond motifs is 1. The Hall–Kier alpha value is -1.07. The number of benzene rings is 1. The van der Waals surface area contributed by atoms with Crippen molar-refractivity contribution < 1.29 is 0 Å². The zero-order chi connectivity index (χ0) is 11.8. The van der Waals surface area contributed by atoms with E-state index >= 15 is 0 Å². The molecule has 0 aliphatic heterocycles. The van der Waals surface area contributed by atoms with Gasteiger partial charge >= 0.3 is 0 Å². The lowest BCUT2D eigenvalue weighted by Crippen LogP contribution is -1.88. The lowest BCUT2D eigenvalue weighted by Gasteiger charge is -2.02. The van der Waals surface area contributed by atoms with Gasteiger partial charge in [0.05, 0.1) is 11.9 Å². The molecule has 3 rings (SSSR count). The highest BCUT2D eigenvalue weighted by atomic mass is 127. The first-order valence-corrected chi connectivity index (χ1v) is 6.58. The Balaban J connectivity index is 2.23. The average molecular weight is 355 g/mol. The van der Waals surface area contributed by atoms with Crippen LogP contribution in [0.4, 0.5) is 0 Å². The fraction of sp³-hybridized carbons (Fsp3) is 0. The highest BCUT2D eigenvalue weighted by Gasteiger charge is 2.05. The normalized spacial score (nSPS) is 10.9. The summed E-state index contributed by atoms with van der Waals surface area (Å²) in [4.78, 5) is 4.39. The molecule has 2 aromatic heterocycles. The van der Waals surface area contributed by atoms with Gasteiger partial charge in [0.25, 0.3) is 0 Å². The number of halogens is 2. The standard InChI is InChI=1S/C13H8ClIN2/c14-10-3-1-9(2-4-10)12-7-16-13-6-5-11(15)8-17(12)13/h1-8H. The summed E-state index contributed by atoms with van der Waals surface area (Å²) in [7, 11) is 0. The van der Waals surface area contributed by atoms with E-state index in [4.69, 9.17) is 11.6 Å². The van der Waals surface area contributed by atoms with Crippen molar-refractivity contribution >= 4 is 39.8 Å². The number of rotatable bonds is 1. The molecule has 17 heavy (non-hydrogen) atoms. The third-order valence-corrected chi connectivity index (χ3v) is 3.50. The maximum Gasteiger partial charge on any atom is 0.137 e. The third-order valence-electron chi connectivity index (χ3n) is 2.61. The van der Waals surface area contributed by atoms with E-state index in [1.807, 2.05) is 36.5 Å². The number of hydrogen-bond donors (Lipinski definition) is 0. The SMILES string of the molecule is Clc1ccc(-c2cnc3ccc(I)cn23)cc1. The molecule has 84 valence electrons. The van der Waals surface area contributed by atoms with Gasteiger partial charge in [-0.25, -0.2) is 4.98 Å². The number of nitrogens with zero attached hydrogens (tertiary/aromatic N) is 2. The van der Waals surface area contributed by atoms with Crippen LogP contribution in [0.2, 0.25) is 5.02 Å². The Morgan fingerprint density at radius 1 is 1.06 bits per heavy atom. The van der Waals surface area contributed by atoms with E-state index in [1.54, 1.807) is 0 Å². The van der Waals surface area contributed by atoms with E-state index in [9.17, 15) is 0 Å². The van der Waals surface area contributed by atoms with Gasteiger partial charge in [0.1, 0.15) is 5.65 Å². The van der Waals surface area contributed by atoms with Crippen LogP contribution < -0.4 is 0 Å². The van der Waals surface area contributed by atoms with E-state index in [0.717, 1.165) is 21.9 Å². The number of aromatic nitrogens is 2. The molecule has 3 aromatic rings. The van der Waals surface area contributed by atoms with Gasteiger partial charge in [-0.15, -0.1) is 0 Å². The molecule has 2 nitrogen and oxygen atoms in total. The predicted octanol–water partition coefficient (Wildman–Crippen LogP) is 4.26. The van der Waals surface area contributed by atoms with Crippen LogP contribution in [0.5, 0.6) is 0 Å². The number of imidazole rings is 1. The molecule has 0 radical (unpaired) electrons. The van der Waals surface area contributed by atoms with Gasteiger partial charge in [-0.2, -0.15) is 0 Å². The van der Waals surface area contributed by atoms with Crippen molar-refractivity contribution in [2.75, 3.05) is 0 Å². The van der Waals surface area contributed by atoms with Gasteiger partial charge in [-0.1, -0.05) is 23.7 Å². The predicted molar refractivity (Wildman–Crippen MR) is 78.4 cm³/mol. The molecule has 0 atom stereocenters. The molecular weight excluding hydrogens is 347 g/mol. The van der Waals surface area contributed by atoms with Gasteiger partial charge < -0.3 is 0 Å². The summed E-state index contributed by atoms with van der Waals surface area (Å²) in [6, 6.07) is 11.9. The second-order valence-electron chi connectivity index (χ2n) is 3.73. The van der Waals surface area contributed by atoms with Crippen LogP contribution in [0.1, 0.15) is 0 Å². The summed E-state index contributed by atoms with van der Waals surface area (Å²) in [5, 5.41) is 0.747. The van der Waals surface area contributed by atoms with E-state index in [-0.39, 0.29) is 0 Å². The van der Waals surface area contributed by atoms with Crippen molar-refractivity contribution in [3.05, 3.63) is 57.4 Å². The van der Waals surface area contributed by atoms with Gasteiger partial charge in [-0.3, -0.25) is 4.40 Å². The largest absolute Gasteiger partial charge is 0.299 e. The quantitative estimate of drug-likeness (QED) is 0.597.